The first-order chi connectivity index (χ1) is 16.3. The molecule has 9 heteroatoms. The first-order valence-corrected chi connectivity index (χ1v) is 10.7. The average Bonchev–Trinajstić information content (AvgIpc) is 3.24. The zero-order valence-electron chi connectivity index (χ0n) is 18.9. The van der Waals surface area contributed by atoms with Crippen molar-refractivity contribution in [3.63, 3.8) is 0 Å². The Bertz CT molecular complexity index is 1410. The molecule has 0 unspecified atom stereocenters. The van der Waals surface area contributed by atoms with E-state index >= 15 is 4.39 Å². The van der Waals surface area contributed by atoms with Gasteiger partial charge in [-0.25, -0.2) is 18.6 Å². The van der Waals surface area contributed by atoms with E-state index in [0.717, 1.165) is 11.1 Å². The van der Waals surface area contributed by atoms with Gasteiger partial charge in [0.1, 0.15) is 23.9 Å². The van der Waals surface area contributed by atoms with Gasteiger partial charge in [0, 0.05) is 17.7 Å². The second-order valence-corrected chi connectivity index (χ2v) is 7.95. The quantitative estimate of drug-likeness (QED) is 0.407. The van der Waals surface area contributed by atoms with Crippen LogP contribution in [0.15, 0.2) is 45.7 Å². The maximum atomic E-state index is 15.0. The molecule has 0 saturated carbocycles. The Kier molecular flexibility index (Phi) is 6.45. The molecule has 0 bridgehead atoms. The summed E-state index contributed by atoms with van der Waals surface area (Å²) in [6.07, 6.45) is 0.833. The Morgan fingerprint density at radius 2 is 1.94 bits per heavy atom. The highest BCUT2D eigenvalue weighted by Crippen LogP contribution is 2.32. The lowest BCUT2D eigenvalue weighted by atomic mass is 9.96. The molecule has 2 aromatic heterocycles. The molecule has 2 N–H and O–H groups in total. The Labute approximate surface area is 194 Å². The summed E-state index contributed by atoms with van der Waals surface area (Å²) in [4.78, 5) is 17.9. The predicted octanol–water partition coefficient (Wildman–Crippen LogP) is 4.76. The number of aryl methyl sites for hydroxylation is 2. The number of hydrogen-bond donors (Lipinski definition) is 2. The van der Waals surface area contributed by atoms with Crippen LogP contribution in [0.4, 0.5) is 8.78 Å². The van der Waals surface area contributed by atoms with Gasteiger partial charge in [-0.3, -0.25) is 9.51 Å². The van der Waals surface area contributed by atoms with Crippen molar-refractivity contribution in [2.75, 3.05) is 0 Å². The van der Waals surface area contributed by atoms with Crippen LogP contribution in [0.5, 0.6) is 11.5 Å². The molecule has 0 aliphatic heterocycles. The molecule has 0 spiro atoms. The number of nitrogens with zero attached hydrogens (tertiary/aromatic N) is 2. The molecule has 0 aliphatic carbocycles. The van der Waals surface area contributed by atoms with Gasteiger partial charge in [0.15, 0.2) is 17.4 Å². The summed E-state index contributed by atoms with van der Waals surface area (Å²) in [5.74, 6) is -1.39. The highest BCUT2D eigenvalue weighted by Gasteiger charge is 2.17. The van der Waals surface area contributed by atoms with Crippen molar-refractivity contribution < 1.29 is 23.1 Å². The van der Waals surface area contributed by atoms with Crippen LogP contribution in [0, 0.1) is 25.5 Å². The van der Waals surface area contributed by atoms with E-state index in [4.69, 9.17) is 4.74 Å². The molecular formula is C25H23F2N3O4. The molecular weight excluding hydrogens is 444 g/mol. The van der Waals surface area contributed by atoms with Gasteiger partial charge in [-0.1, -0.05) is 12.1 Å². The molecule has 4 rings (SSSR count). The van der Waals surface area contributed by atoms with Gasteiger partial charge in [0.2, 0.25) is 0 Å². The second-order valence-electron chi connectivity index (χ2n) is 7.95. The van der Waals surface area contributed by atoms with Crippen LogP contribution in [-0.2, 0) is 19.4 Å². The number of halogens is 2. The normalized spacial score (nSPS) is 11.1. The number of ether oxygens (including phenoxy) is 1. The molecule has 0 atom stereocenters. The minimum atomic E-state index is -0.714. The number of pyridine rings is 1. The molecule has 0 fully saturated rings. The van der Waals surface area contributed by atoms with Gasteiger partial charge in [-0.15, -0.1) is 0 Å². The minimum Gasteiger partial charge on any atom is -0.506 e. The van der Waals surface area contributed by atoms with Crippen LogP contribution in [-0.4, -0.2) is 20.2 Å². The summed E-state index contributed by atoms with van der Waals surface area (Å²) < 4.78 is 38.8. The van der Waals surface area contributed by atoms with Gasteiger partial charge in [-0.05, 0) is 78.9 Å². The van der Waals surface area contributed by atoms with Gasteiger partial charge in [0.25, 0.3) is 0 Å². The van der Waals surface area contributed by atoms with E-state index in [1.54, 1.807) is 31.2 Å². The Balaban J connectivity index is 1.62. The van der Waals surface area contributed by atoms with Crippen LogP contribution in [0.1, 0.15) is 40.7 Å². The number of benzene rings is 2. The smallest absolute Gasteiger partial charge is 0.439 e. The largest absolute Gasteiger partial charge is 0.506 e. The number of aromatic hydroxyl groups is 1. The fourth-order valence-electron chi connectivity index (χ4n) is 3.78. The number of H-pyrrole nitrogens is 1. The molecule has 0 aliphatic rings. The summed E-state index contributed by atoms with van der Waals surface area (Å²) in [7, 11) is 0. The summed E-state index contributed by atoms with van der Waals surface area (Å²) in [5.41, 5.74) is 4.01. The average molecular weight is 467 g/mol. The van der Waals surface area contributed by atoms with Crippen LogP contribution in [0.25, 0.3) is 11.3 Å². The maximum absolute atomic E-state index is 15.0. The Morgan fingerprint density at radius 1 is 1.15 bits per heavy atom. The van der Waals surface area contributed by atoms with Crippen LogP contribution < -0.4 is 10.5 Å². The molecule has 176 valence electrons. The number of nitrogens with one attached hydrogen (secondary N) is 1. The fraction of sp³-hybridized carbons (Fsp3) is 0.240. The molecule has 0 radical (unpaired) electrons. The third kappa shape index (κ3) is 4.68. The number of aromatic amines is 1. The maximum Gasteiger partial charge on any atom is 0.439 e. The molecule has 2 heterocycles. The SMILES string of the molecule is CCc1cc(-c2nc(Cc3c(C)cc(OCc4noc(=O)[nH]4)c(F)c3C)ccc2O)ccc1F. The molecule has 2 aromatic carbocycles. The van der Waals surface area contributed by atoms with Crippen molar-refractivity contribution in [2.45, 2.75) is 40.2 Å². The lowest BCUT2D eigenvalue weighted by Gasteiger charge is -2.15. The second kappa shape index (κ2) is 9.46. The monoisotopic (exact) mass is 467 g/mol. The lowest BCUT2D eigenvalue weighted by molar-refractivity contribution is 0.271. The molecule has 34 heavy (non-hydrogen) atoms. The first kappa shape index (κ1) is 23.2. The lowest BCUT2D eigenvalue weighted by Crippen LogP contribution is -2.06. The highest BCUT2D eigenvalue weighted by molar-refractivity contribution is 5.67. The van der Waals surface area contributed by atoms with Gasteiger partial charge in [0.05, 0.1) is 0 Å². The van der Waals surface area contributed by atoms with E-state index in [2.05, 4.69) is 19.6 Å². The first-order valence-electron chi connectivity index (χ1n) is 10.7. The van der Waals surface area contributed by atoms with Crippen molar-refractivity contribution >= 4 is 0 Å². The zero-order valence-corrected chi connectivity index (χ0v) is 18.9. The van der Waals surface area contributed by atoms with E-state index in [0.29, 0.717) is 40.9 Å². The molecule has 7 nitrogen and oxygen atoms in total. The van der Waals surface area contributed by atoms with E-state index in [9.17, 15) is 14.3 Å². The van der Waals surface area contributed by atoms with Gasteiger partial charge >= 0.3 is 5.76 Å². The summed E-state index contributed by atoms with van der Waals surface area (Å²) >= 11 is 0. The zero-order chi connectivity index (χ0) is 24.4. The van der Waals surface area contributed by atoms with Gasteiger partial charge in [-0.2, -0.15) is 0 Å². The minimum absolute atomic E-state index is 0.0216. The number of aromatic nitrogens is 3. The van der Waals surface area contributed by atoms with Crippen LogP contribution in [0.3, 0.4) is 0 Å². The fourth-order valence-corrected chi connectivity index (χ4v) is 3.78. The third-order valence-corrected chi connectivity index (χ3v) is 5.66. The van der Waals surface area contributed by atoms with Crippen LogP contribution in [0.2, 0.25) is 0 Å². The van der Waals surface area contributed by atoms with E-state index in [1.165, 1.54) is 12.1 Å². The number of rotatable bonds is 7. The molecule has 4 aromatic rings. The molecule has 0 saturated heterocycles. The van der Waals surface area contributed by atoms with Crippen molar-refractivity contribution in [1.29, 1.82) is 0 Å². The van der Waals surface area contributed by atoms with Crippen molar-refractivity contribution in [3.05, 3.63) is 92.4 Å². The van der Waals surface area contributed by atoms with Crippen molar-refractivity contribution in [2.24, 2.45) is 0 Å². The summed E-state index contributed by atoms with van der Waals surface area (Å²) in [5, 5.41) is 13.9. The summed E-state index contributed by atoms with van der Waals surface area (Å²) in [6, 6.07) is 9.38. The van der Waals surface area contributed by atoms with E-state index < -0.39 is 11.6 Å². The van der Waals surface area contributed by atoms with E-state index in [-0.39, 0.29) is 29.7 Å². The number of hydrogen-bond acceptors (Lipinski definition) is 6. The molecule has 0 amide bonds. The van der Waals surface area contributed by atoms with Crippen LogP contribution >= 0.6 is 0 Å². The van der Waals surface area contributed by atoms with Crippen molar-refractivity contribution in [3.8, 4) is 22.8 Å². The highest BCUT2D eigenvalue weighted by atomic mass is 19.1. The Hall–Kier alpha value is -4.01. The van der Waals surface area contributed by atoms with Crippen molar-refractivity contribution in [1.82, 2.24) is 15.1 Å². The Morgan fingerprint density at radius 3 is 2.65 bits per heavy atom. The standard InChI is InChI=1S/C25H23F2N3O4/c1-4-15-10-16(5-7-19(15)26)24-20(31)8-6-17(28-24)11-18-13(2)9-21(23(27)14(18)3)33-12-22-29-25(32)34-30-22/h5-10,31H,4,11-12H2,1-3H3,(H,29,30,32). The topological polar surface area (TPSA) is 101 Å². The predicted molar refractivity (Wildman–Crippen MR) is 121 cm³/mol. The third-order valence-electron chi connectivity index (χ3n) is 5.66. The summed E-state index contributed by atoms with van der Waals surface area (Å²) in [6.45, 7) is 5.18. The van der Waals surface area contributed by atoms with E-state index in [1.807, 2.05) is 13.8 Å². The van der Waals surface area contributed by atoms with Gasteiger partial charge < -0.3 is 9.84 Å².